The highest BCUT2D eigenvalue weighted by atomic mass is 32.2. The van der Waals surface area contributed by atoms with Crippen molar-refractivity contribution in [1.29, 1.82) is 0 Å². The lowest BCUT2D eigenvalue weighted by Crippen LogP contribution is -2.27. The Labute approximate surface area is 133 Å². The van der Waals surface area contributed by atoms with Gasteiger partial charge in [-0.05, 0) is 30.3 Å². The van der Waals surface area contributed by atoms with Crippen molar-refractivity contribution < 1.29 is 18.7 Å². The molecule has 3 rings (SSSR count). The van der Waals surface area contributed by atoms with E-state index in [1.165, 1.54) is 0 Å². The minimum Gasteiger partial charge on any atom is -0.497 e. The molecule has 22 heavy (non-hydrogen) atoms. The van der Waals surface area contributed by atoms with Crippen molar-refractivity contribution in [3.05, 3.63) is 47.9 Å². The standard InChI is InChI=1S/C16H17NO4S/c1-19-11-5-6-14(20-2)13(8-11)16-17(15(18)10-22-16)9-12-4-3-7-21-12/h3-8,16H,9-10H2,1-2H3. The monoisotopic (exact) mass is 319 g/mol. The van der Waals surface area contributed by atoms with Gasteiger partial charge in [0.15, 0.2) is 0 Å². The lowest BCUT2D eigenvalue weighted by molar-refractivity contribution is -0.128. The molecule has 5 nitrogen and oxygen atoms in total. The molecule has 1 aromatic heterocycles. The van der Waals surface area contributed by atoms with Crippen LogP contribution in [0.15, 0.2) is 41.0 Å². The highest BCUT2D eigenvalue weighted by molar-refractivity contribution is 8.00. The van der Waals surface area contributed by atoms with Crippen molar-refractivity contribution in [2.75, 3.05) is 20.0 Å². The third kappa shape index (κ3) is 2.78. The van der Waals surface area contributed by atoms with Crippen LogP contribution in [0.1, 0.15) is 16.7 Å². The van der Waals surface area contributed by atoms with Crippen LogP contribution in [0, 0.1) is 0 Å². The fourth-order valence-corrected chi connectivity index (χ4v) is 3.69. The lowest BCUT2D eigenvalue weighted by atomic mass is 10.1. The minimum atomic E-state index is -0.109. The number of carbonyl (C=O) groups is 1. The van der Waals surface area contributed by atoms with E-state index < -0.39 is 0 Å². The Morgan fingerprint density at radius 1 is 1.32 bits per heavy atom. The molecule has 2 aromatic rings. The number of hydrogen-bond acceptors (Lipinski definition) is 5. The fraction of sp³-hybridized carbons (Fsp3) is 0.312. The van der Waals surface area contributed by atoms with Gasteiger partial charge in [-0.2, -0.15) is 0 Å². The first kappa shape index (κ1) is 14.8. The predicted octanol–water partition coefficient (Wildman–Crippen LogP) is 3.07. The van der Waals surface area contributed by atoms with Crippen LogP contribution in [0.3, 0.4) is 0 Å². The van der Waals surface area contributed by atoms with Crippen molar-refractivity contribution in [1.82, 2.24) is 4.90 Å². The maximum atomic E-state index is 12.2. The molecule has 1 fully saturated rings. The molecule has 2 heterocycles. The molecule has 1 aromatic carbocycles. The topological polar surface area (TPSA) is 51.9 Å². The van der Waals surface area contributed by atoms with Crippen molar-refractivity contribution in [3.8, 4) is 11.5 Å². The maximum Gasteiger partial charge on any atom is 0.234 e. The number of amides is 1. The average Bonchev–Trinajstić information content (AvgIpc) is 3.18. The largest absolute Gasteiger partial charge is 0.497 e. The molecule has 1 aliphatic rings. The Morgan fingerprint density at radius 3 is 2.86 bits per heavy atom. The summed E-state index contributed by atoms with van der Waals surface area (Å²) in [5, 5.41) is -0.109. The van der Waals surface area contributed by atoms with Crippen LogP contribution in [-0.2, 0) is 11.3 Å². The number of methoxy groups -OCH3 is 2. The molecule has 1 amide bonds. The van der Waals surface area contributed by atoms with Gasteiger partial charge in [0.05, 0.1) is 32.8 Å². The number of thioether (sulfide) groups is 1. The summed E-state index contributed by atoms with van der Waals surface area (Å²) in [5.74, 6) is 2.80. The van der Waals surface area contributed by atoms with E-state index in [-0.39, 0.29) is 11.3 Å². The van der Waals surface area contributed by atoms with Gasteiger partial charge in [-0.3, -0.25) is 4.79 Å². The van der Waals surface area contributed by atoms with E-state index in [1.807, 2.05) is 30.3 Å². The van der Waals surface area contributed by atoms with Gasteiger partial charge < -0.3 is 18.8 Å². The zero-order chi connectivity index (χ0) is 15.5. The van der Waals surface area contributed by atoms with E-state index in [2.05, 4.69) is 0 Å². The Morgan fingerprint density at radius 2 is 2.18 bits per heavy atom. The van der Waals surface area contributed by atoms with Crippen molar-refractivity contribution in [2.45, 2.75) is 11.9 Å². The zero-order valence-electron chi connectivity index (χ0n) is 12.4. The molecule has 1 aliphatic heterocycles. The minimum absolute atomic E-state index is 0.0938. The molecule has 0 N–H and O–H groups in total. The third-order valence-corrected chi connectivity index (χ3v) is 4.82. The summed E-state index contributed by atoms with van der Waals surface area (Å²) in [5.41, 5.74) is 0.934. The van der Waals surface area contributed by atoms with Gasteiger partial charge in [0.1, 0.15) is 22.6 Å². The molecule has 0 bridgehead atoms. The SMILES string of the molecule is COc1ccc(OC)c(C2SCC(=O)N2Cc2ccco2)c1. The van der Waals surface area contributed by atoms with Crippen molar-refractivity contribution >= 4 is 17.7 Å². The van der Waals surface area contributed by atoms with Crippen molar-refractivity contribution in [2.24, 2.45) is 0 Å². The van der Waals surface area contributed by atoms with Crippen molar-refractivity contribution in [3.63, 3.8) is 0 Å². The van der Waals surface area contributed by atoms with Crippen LogP contribution in [0.4, 0.5) is 0 Å². The van der Waals surface area contributed by atoms with Crippen LogP contribution < -0.4 is 9.47 Å². The molecule has 0 spiro atoms. The summed E-state index contributed by atoms with van der Waals surface area (Å²) in [7, 11) is 3.25. The summed E-state index contributed by atoms with van der Waals surface area (Å²) >= 11 is 1.58. The van der Waals surface area contributed by atoms with E-state index >= 15 is 0 Å². The fourth-order valence-electron chi connectivity index (χ4n) is 2.49. The second kappa shape index (κ2) is 6.36. The summed E-state index contributed by atoms with van der Waals surface area (Å²) in [6, 6.07) is 9.33. The third-order valence-electron chi connectivity index (χ3n) is 3.58. The number of rotatable bonds is 5. The second-order valence-corrected chi connectivity index (χ2v) is 5.94. The first-order valence-electron chi connectivity index (χ1n) is 6.88. The quantitative estimate of drug-likeness (QED) is 0.848. The van der Waals surface area contributed by atoms with Crippen LogP contribution in [0.25, 0.3) is 0 Å². The van der Waals surface area contributed by atoms with Gasteiger partial charge in [0, 0.05) is 5.56 Å². The van der Waals surface area contributed by atoms with Crippen LogP contribution >= 0.6 is 11.8 Å². The number of nitrogens with zero attached hydrogens (tertiary/aromatic N) is 1. The van der Waals surface area contributed by atoms with Gasteiger partial charge in [0.25, 0.3) is 0 Å². The molecule has 0 aliphatic carbocycles. The molecule has 0 radical (unpaired) electrons. The highest BCUT2D eigenvalue weighted by Gasteiger charge is 2.35. The number of hydrogen-bond donors (Lipinski definition) is 0. The molecule has 1 unspecified atom stereocenters. The average molecular weight is 319 g/mol. The molecule has 6 heteroatoms. The van der Waals surface area contributed by atoms with Gasteiger partial charge in [0.2, 0.25) is 5.91 Å². The summed E-state index contributed by atoms with van der Waals surface area (Å²) in [6.07, 6.45) is 1.62. The van der Waals surface area contributed by atoms with E-state index in [9.17, 15) is 4.79 Å². The van der Waals surface area contributed by atoms with Crippen LogP contribution in [-0.4, -0.2) is 30.8 Å². The van der Waals surface area contributed by atoms with Crippen LogP contribution in [0.5, 0.6) is 11.5 Å². The molecule has 1 atom stereocenters. The number of carbonyl (C=O) groups excluding carboxylic acids is 1. The van der Waals surface area contributed by atoms with E-state index in [0.29, 0.717) is 12.3 Å². The molecule has 116 valence electrons. The molecular formula is C16H17NO4S. The molecular weight excluding hydrogens is 302 g/mol. The van der Waals surface area contributed by atoms with Crippen LogP contribution in [0.2, 0.25) is 0 Å². The smallest absolute Gasteiger partial charge is 0.234 e. The highest BCUT2D eigenvalue weighted by Crippen LogP contribution is 2.44. The number of benzene rings is 1. The molecule has 1 saturated heterocycles. The Balaban J connectivity index is 1.93. The Hall–Kier alpha value is -2.08. The van der Waals surface area contributed by atoms with E-state index in [1.54, 1.807) is 37.1 Å². The first-order valence-corrected chi connectivity index (χ1v) is 7.93. The Kier molecular flexibility index (Phi) is 4.29. The van der Waals surface area contributed by atoms with Gasteiger partial charge in [-0.1, -0.05) is 0 Å². The van der Waals surface area contributed by atoms with E-state index in [0.717, 1.165) is 22.8 Å². The predicted molar refractivity (Wildman–Crippen MR) is 84.0 cm³/mol. The normalized spacial score (nSPS) is 17.8. The second-order valence-electron chi connectivity index (χ2n) is 4.87. The maximum absolute atomic E-state index is 12.2. The molecule has 0 saturated carbocycles. The lowest BCUT2D eigenvalue weighted by Gasteiger charge is -2.25. The zero-order valence-corrected chi connectivity index (χ0v) is 13.3. The Bertz CT molecular complexity index is 656. The van der Waals surface area contributed by atoms with Gasteiger partial charge >= 0.3 is 0 Å². The van der Waals surface area contributed by atoms with E-state index in [4.69, 9.17) is 13.9 Å². The van der Waals surface area contributed by atoms with Gasteiger partial charge in [-0.25, -0.2) is 0 Å². The number of ether oxygens (including phenoxy) is 2. The summed E-state index contributed by atoms with van der Waals surface area (Å²) < 4.78 is 16.1. The first-order chi connectivity index (χ1) is 10.7. The van der Waals surface area contributed by atoms with Gasteiger partial charge in [-0.15, -0.1) is 11.8 Å². The number of furan rings is 1. The summed E-state index contributed by atoms with van der Waals surface area (Å²) in [4.78, 5) is 14.0. The summed E-state index contributed by atoms with van der Waals surface area (Å²) in [6.45, 7) is 0.448.